The van der Waals surface area contributed by atoms with E-state index in [1.165, 1.54) is 12.1 Å². The first-order valence-electron chi connectivity index (χ1n) is 8.15. The maximum Gasteiger partial charge on any atom is 0.158 e. The summed E-state index contributed by atoms with van der Waals surface area (Å²) in [5.74, 6) is -0.113. The maximum atomic E-state index is 13.3. The second-order valence-corrected chi connectivity index (χ2v) is 6.29. The van der Waals surface area contributed by atoms with Crippen LogP contribution in [0.2, 0.25) is 0 Å². The van der Waals surface area contributed by atoms with Gasteiger partial charge in [0.25, 0.3) is 0 Å². The van der Waals surface area contributed by atoms with E-state index in [0.717, 1.165) is 29.7 Å². The number of rotatable bonds is 3. The number of pyridine rings is 1. The van der Waals surface area contributed by atoms with Crippen LogP contribution in [0.5, 0.6) is 5.75 Å². The maximum absolute atomic E-state index is 13.3. The van der Waals surface area contributed by atoms with E-state index in [1.807, 2.05) is 0 Å². The molecule has 0 spiro atoms. The van der Waals surface area contributed by atoms with Gasteiger partial charge in [-0.15, -0.1) is 10.2 Å². The number of hydrogen-bond acceptors (Lipinski definition) is 6. The van der Waals surface area contributed by atoms with E-state index in [0.29, 0.717) is 23.5 Å². The van der Waals surface area contributed by atoms with Crippen molar-refractivity contribution in [2.45, 2.75) is 31.4 Å². The molecule has 25 heavy (non-hydrogen) atoms. The molecule has 7 heteroatoms. The van der Waals surface area contributed by atoms with Crippen molar-refractivity contribution >= 4 is 16.6 Å². The van der Waals surface area contributed by atoms with Crippen LogP contribution >= 0.6 is 0 Å². The summed E-state index contributed by atoms with van der Waals surface area (Å²) in [5, 5.41) is 33.1. The Balaban J connectivity index is 1.79. The molecule has 1 aromatic carbocycles. The summed E-state index contributed by atoms with van der Waals surface area (Å²) in [7, 11) is 0. The molecule has 1 aliphatic carbocycles. The average Bonchev–Trinajstić information content (AvgIpc) is 3.01. The average molecular weight is 340 g/mol. The number of phenols is 1. The highest BCUT2D eigenvalue weighted by atomic mass is 19.1. The van der Waals surface area contributed by atoms with Gasteiger partial charge >= 0.3 is 0 Å². The van der Waals surface area contributed by atoms with E-state index in [4.69, 9.17) is 0 Å². The number of aliphatic hydroxyl groups is 1. The molecule has 0 saturated heterocycles. The topological polar surface area (TPSA) is 91.2 Å². The molecule has 2 atom stereocenters. The molecule has 0 bridgehead atoms. The summed E-state index contributed by atoms with van der Waals surface area (Å²) in [6, 6.07) is 5.73. The molecule has 0 radical (unpaired) electrons. The Kier molecular flexibility index (Phi) is 3.93. The number of aromatic nitrogens is 3. The van der Waals surface area contributed by atoms with Crippen LogP contribution in [-0.2, 0) is 0 Å². The molecule has 3 N–H and O–H groups in total. The van der Waals surface area contributed by atoms with Crippen LogP contribution in [0.1, 0.15) is 19.3 Å². The molecule has 6 nitrogen and oxygen atoms in total. The number of hydrogen-bond donors (Lipinski definition) is 3. The smallest absolute Gasteiger partial charge is 0.158 e. The molecule has 3 aromatic rings. The number of benzene rings is 1. The van der Waals surface area contributed by atoms with Crippen molar-refractivity contribution in [1.82, 2.24) is 15.2 Å². The highest BCUT2D eigenvalue weighted by Gasteiger charge is 2.24. The molecule has 1 saturated carbocycles. The number of nitrogens with zero attached hydrogens (tertiary/aromatic N) is 3. The molecule has 2 heterocycles. The Morgan fingerprint density at radius 3 is 2.76 bits per heavy atom. The molecule has 128 valence electrons. The molecule has 2 aromatic heterocycles. The second kappa shape index (κ2) is 6.25. The number of fused-ring (bicyclic) bond motifs is 1. The van der Waals surface area contributed by atoms with Gasteiger partial charge < -0.3 is 15.5 Å². The first-order chi connectivity index (χ1) is 12.1. The summed E-state index contributed by atoms with van der Waals surface area (Å²) in [6.45, 7) is 0. The van der Waals surface area contributed by atoms with Crippen LogP contribution in [0.15, 0.2) is 36.7 Å². The minimum atomic E-state index is -0.516. The molecule has 4 rings (SSSR count). The number of halogens is 1. The monoisotopic (exact) mass is 340 g/mol. The standard InChI is InChI=1S/C18H17FN4O2/c19-10-1-4-14(16(25)7-10)17-13-5-6-20-9-15(13)18(23-22-17)21-11-2-3-12(24)8-11/h1,4-7,9,11-12,24-25H,2-3,8H2,(H,21,23). The molecule has 2 unspecified atom stereocenters. The third kappa shape index (κ3) is 2.98. The van der Waals surface area contributed by atoms with E-state index in [-0.39, 0.29) is 17.9 Å². The largest absolute Gasteiger partial charge is 0.507 e. The Bertz CT molecular complexity index is 934. The number of nitrogens with one attached hydrogen (secondary N) is 1. The van der Waals surface area contributed by atoms with Gasteiger partial charge in [0.15, 0.2) is 5.82 Å². The van der Waals surface area contributed by atoms with Gasteiger partial charge in [-0.25, -0.2) is 4.39 Å². The van der Waals surface area contributed by atoms with E-state index >= 15 is 0 Å². The van der Waals surface area contributed by atoms with Gasteiger partial charge in [-0.3, -0.25) is 4.98 Å². The van der Waals surface area contributed by atoms with Gasteiger partial charge in [-0.05, 0) is 37.5 Å². The van der Waals surface area contributed by atoms with Crippen LogP contribution in [-0.4, -0.2) is 37.5 Å². The number of anilines is 1. The predicted molar refractivity (Wildman–Crippen MR) is 91.7 cm³/mol. The second-order valence-electron chi connectivity index (χ2n) is 6.29. The van der Waals surface area contributed by atoms with Gasteiger partial charge in [-0.1, -0.05) is 0 Å². The van der Waals surface area contributed by atoms with Crippen molar-refractivity contribution in [3.05, 3.63) is 42.5 Å². The quantitative estimate of drug-likeness (QED) is 0.679. The molecule has 0 amide bonds. The first-order valence-corrected chi connectivity index (χ1v) is 8.15. The van der Waals surface area contributed by atoms with E-state index in [1.54, 1.807) is 18.5 Å². The summed E-state index contributed by atoms with van der Waals surface area (Å²) < 4.78 is 13.3. The first kappa shape index (κ1) is 15.7. The van der Waals surface area contributed by atoms with Crippen LogP contribution in [0.4, 0.5) is 10.2 Å². The van der Waals surface area contributed by atoms with Gasteiger partial charge in [0.05, 0.1) is 6.10 Å². The van der Waals surface area contributed by atoms with Crippen molar-refractivity contribution in [1.29, 1.82) is 0 Å². The third-order valence-electron chi connectivity index (χ3n) is 4.54. The predicted octanol–water partition coefficient (Wildman–Crippen LogP) is 2.86. The Hall–Kier alpha value is -2.80. The van der Waals surface area contributed by atoms with Crippen molar-refractivity contribution < 1.29 is 14.6 Å². The summed E-state index contributed by atoms with van der Waals surface area (Å²) in [5.41, 5.74) is 0.875. The van der Waals surface area contributed by atoms with Crippen molar-refractivity contribution in [2.75, 3.05) is 5.32 Å². The Morgan fingerprint density at radius 1 is 1.12 bits per heavy atom. The lowest BCUT2D eigenvalue weighted by molar-refractivity contribution is 0.182. The minimum absolute atomic E-state index is 0.137. The highest BCUT2D eigenvalue weighted by Crippen LogP contribution is 2.35. The van der Waals surface area contributed by atoms with Gasteiger partial charge in [0.1, 0.15) is 17.3 Å². The van der Waals surface area contributed by atoms with Crippen molar-refractivity contribution in [3.8, 4) is 17.0 Å². The van der Waals surface area contributed by atoms with Crippen LogP contribution < -0.4 is 5.32 Å². The lowest BCUT2D eigenvalue weighted by atomic mass is 10.0. The third-order valence-corrected chi connectivity index (χ3v) is 4.54. The van der Waals surface area contributed by atoms with E-state index < -0.39 is 5.82 Å². The minimum Gasteiger partial charge on any atom is -0.507 e. The highest BCUT2D eigenvalue weighted by molar-refractivity contribution is 6.00. The van der Waals surface area contributed by atoms with Gasteiger partial charge in [0, 0.05) is 40.8 Å². The fraction of sp³-hybridized carbons (Fsp3) is 0.278. The van der Waals surface area contributed by atoms with Crippen molar-refractivity contribution in [3.63, 3.8) is 0 Å². The van der Waals surface area contributed by atoms with Gasteiger partial charge in [-0.2, -0.15) is 0 Å². The Morgan fingerprint density at radius 2 is 2.00 bits per heavy atom. The van der Waals surface area contributed by atoms with Crippen LogP contribution in [0.3, 0.4) is 0 Å². The fourth-order valence-corrected chi connectivity index (χ4v) is 3.29. The number of aromatic hydroxyl groups is 1. The number of phenolic OH excluding ortho intramolecular Hbond substituents is 1. The zero-order chi connectivity index (χ0) is 17.4. The number of aliphatic hydroxyl groups excluding tert-OH is 1. The summed E-state index contributed by atoms with van der Waals surface area (Å²) >= 11 is 0. The summed E-state index contributed by atoms with van der Waals surface area (Å²) in [4.78, 5) is 4.15. The zero-order valence-electron chi connectivity index (χ0n) is 13.4. The molecular weight excluding hydrogens is 323 g/mol. The van der Waals surface area contributed by atoms with E-state index in [2.05, 4.69) is 20.5 Å². The SMILES string of the molecule is Oc1cc(F)ccc1-c1nnc(NC2CCC(O)C2)c2cnccc12. The lowest BCUT2D eigenvalue weighted by Gasteiger charge is -2.15. The summed E-state index contributed by atoms with van der Waals surface area (Å²) in [6.07, 6.45) is 5.34. The zero-order valence-corrected chi connectivity index (χ0v) is 13.4. The van der Waals surface area contributed by atoms with Crippen molar-refractivity contribution in [2.24, 2.45) is 0 Å². The van der Waals surface area contributed by atoms with Gasteiger partial charge in [0.2, 0.25) is 0 Å². The molecule has 0 aliphatic heterocycles. The molecule has 1 aliphatic rings. The normalized spacial score (nSPS) is 20.1. The Labute approximate surface area is 143 Å². The van der Waals surface area contributed by atoms with Crippen LogP contribution in [0, 0.1) is 5.82 Å². The lowest BCUT2D eigenvalue weighted by Crippen LogP contribution is -2.18. The van der Waals surface area contributed by atoms with E-state index in [9.17, 15) is 14.6 Å². The van der Waals surface area contributed by atoms with Crippen LogP contribution in [0.25, 0.3) is 22.0 Å². The molecular formula is C18H17FN4O2. The fourth-order valence-electron chi connectivity index (χ4n) is 3.29. The molecule has 1 fully saturated rings.